The van der Waals surface area contributed by atoms with E-state index in [2.05, 4.69) is 19.2 Å². The molecule has 0 saturated heterocycles. The number of rotatable bonds is 10. The zero-order valence-corrected chi connectivity index (χ0v) is 23.6. The number of ether oxygens (including phenoxy) is 3. The SMILES string of the molecule is COCC(=O)N(C[C@@H]1CC[C@H]2C[C@@H]1C2(C)C)[C@@H]1C=C(C(=O)NCCO)[C@@H]2c3cc(C=O)cc(OC)c3O[C@@H]2[C@H]1O. The normalized spacial score (nSPS) is 31.1. The summed E-state index contributed by atoms with van der Waals surface area (Å²) in [7, 11) is 2.92. The summed E-state index contributed by atoms with van der Waals surface area (Å²) in [6.45, 7) is 4.68. The van der Waals surface area contributed by atoms with Crippen molar-refractivity contribution in [1.82, 2.24) is 10.2 Å². The molecule has 2 bridgehead atoms. The molecule has 7 atom stereocenters. The van der Waals surface area contributed by atoms with Gasteiger partial charge in [-0.3, -0.25) is 14.4 Å². The Labute approximate surface area is 234 Å². The molecule has 0 unspecified atom stereocenters. The van der Waals surface area contributed by atoms with E-state index in [1.165, 1.54) is 14.2 Å². The van der Waals surface area contributed by atoms with E-state index in [4.69, 9.17) is 14.2 Å². The smallest absolute Gasteiger partial charge is 0.249 e. The molecule has 218 valence electrons. The quantitative estimate of drug-likeness (QED) is 0.371. The van der Waals surface area contributed by atoms with Gasteiger partial charge in [0.15, 0.2) is 11.5 Å². The van der Waals surface area contributed by atoms with Crippen molar-refractivity contribution in [3.8, 4) is 11.5 Å². The Morgan fingerprint density at radius 2 is 2.02 bits per heavy atom. The highest BCUT2D eigenvalue weighted by molar-refractivity contribution is 5.96. The summed E-state index contributed by atoms with van der Waals surface area (Å²) in [6.07, 6.45) is 3.54. The van der Waals surface area contributed by atoms with Crippen molar-refractivity contribution >= 4 is 18.1 Å². The van der Waals surface area contributed by atoms with Crippen molar-refractivity contribution in [3.63, 3.8) is 0 Å². The van der Waals surface area contributed by atoms with E-state index >= 15 is 0 Å². The van der Waals surface area contributed by atoms with Crippen molar-refractivity contribution < 1.29 is 38.8 Å². The fraction of sp³-hybridized carbons (Fsp3) is 0.633. The molecule has 3 saturated carbocycles. The van der Waals surface area contributed by atoms with E-state index in [0.29, 0.717) is 52.9 Å². The van der Waals surface area contributed by atoms with Gasteiger partial charge in [-0.1, -0.05) is 13.8 Å². The van der Waals surface area contributed by atoms with Crippen LogP contribution in [-0.4, -0.2) is 92.0 Å². The number of fused-ring (bicyclic) bond motifs is 5. The Bertz CT molecular complexity index is 1190. The van der Waals surface area contributed by atoms with Crippen LogP contribution in [-0.2, 0) is 14.3 Å². The van der Waals surface area contributed by atoms with E-state index in [1.807, 2.05) is 0 Å². The van der Waals surface area contributed by atoms with Crippen LogP contribution < -0.4 is 14.8 Å². The summed E-state index contributed by atoms with van der Waals surface area (Å²) in [6, 6.07) is 2.35. The van der Waals surface area contributed by atoms with E-state index in [9.17, 15) is 24.6 Å². The number of nitrogens with one attached hydrogen (secondary N) is 1. The molecule has 4 aliphatic carbocycles. The average Bonchev–Trinajstić information content (AvgIpc) is 3.34. The molecule has 0 aromatic heterocycles. The van der Waals surface area contributed by atoms with Gasteiger partial charge in [0.05, 0.1) is 25.7 Å². The Morgan fingerprint density at radius 1 is 1.25 bits per heavy atom. The highest BCUT2D eigenvalue weighted by Gasteiger charge is 2.56. The molecule has 1 aliphatic heterocycles. The molecule has 0 spiro atoms. The van der Waals surface area contributed by atoms with Crippen molar-refractivity contribution in [2.24, 2.45) is 23.2 Å². The van der Waals surface area contributed by atoms with E-state index < -0.39 is 30.1 Å². The molecule has 5 aliphatic rings. The molecule has 1 aromatic carbocycles. The number of nitrogens with zero attached hydrogens (tertiary/aromatic N) is 1. The maximum absolute atomic E-state index is 13.5. The number of carbonyl (C=O) groups excluding carboxylic acids is 3. The summed E-state index contributed by atoms with van der Waals surface area (Å²) in [4.78, 5) is 40.3. The first kappa shape index (κ1) is 28.6. The van der Waals surface area contributed by atoms with Crippen molar-refractivity contribution in [1.29, 1.82) is 0 Å². The Hall–Kier alpha value is -2.95. The minimum atomic E-state index is -1.16. The third-order valence-corrected chi connectivity index (χ3v) is 9.79. The van der Waals surface area contributed by atoms with Crippen LogP contribution in [0.3, 0.4) is 0 Å². The highest BCUT2D eigenvalue weighted by Crippen LogP contribution is 2.61. The number of aliphatic hydroxyl groups is 2. The zero-order chi connectivity index (χ0) is 28.8. The monoisotopic (exact) mass is 556 g/mol. The van der Waals surface area contributed by atoms with Crippen molar-refractivity contribution in [3.05, 3.63) is 34.9 Å². The number of aldehydes is 1. The van der Waals surface area contributed by atoms with E-state index in [1.54, 1.807) is 23.1 Å². The average molecular weight is 557 g/mol. The highest BCUT2D eigenvalue weighted by atomic mass is 16.5. The Morgan fingerprint density at radius 3 is 2.65 bits per heavy atom. The number of aliphatic hydroxyl groups excluding tert-OH is 2. The summed E-state index contributed by atoms with van der Waals surface area (Å²) >= 11 is 0. The molecule has 6 rings (SSSR count). The predicted octanol–water partition coefficient (Wildman–Crippen LogP) is 1.68. The van der Waals surface area contributed by atoms with Gasteiger partial charge in [0.25, 0.3) is 0 Å². The first-order chi connectivity index (χ1) is 19.2. The summed E-state index contributed by atoms with van der Waals surface area (Å²) in [5.41, 5.74) is 1.42. The number of hydrogen-bond acceptors (Lipinski definition) is 8. The van der Waals surface area contributed by atoms with Crippen molar-refractivity contribution in [2.45, 2.75) is 57.3 Å². The number of carbonyl (C=O) groups is 3. The van der Waals surface area contributed by atoms with Gasteiger partial charge in [0.2, 0.25) is 11.8 Å². The molecule has 1 heterocycles. The maximum atomic E-state index is 13.5. The van der Waals surface area contributed by atoms with Gasteiger partial charge < -0.3 is 34.6 Å². The first-order valence-electron chi connectivity index (χ1n) is 14.1. The van der Waals surface area contributed by atoms with Gasteiger partial charge in [0, 0.05) is 36.9 Å². The molecule has 10 nitrogen and oxygen atoms in total. The Kier molecular flexibility index (Phi) is 7.96. The molecule has 40 heavy (non-hydrogen) atoms. The minimum absolute atomic E-state index is 0.0402. The maximum Gasteiger partial charge on any atom is 0.249 e. The van der Waals surface area contributed by atoms with Crippen LogP contribution in [0.2, 0.25) is 0 Å². The van der Waals surface area contributed by atoms with Crippen LogP contribution >= 0.6 is 0 Å². The second-order valence-corrected chi connectivity index (χ2v) is 12.1. The number of hydrogen-bond donors (Lipinski definition) is 3. The molecule has 1 aromatic rings. The van der Waals surface area contributed by atoms with Crippen LogP contribution in [0.4, 0.5) is 0 Å². The standard InChI is InChI=1S/C30H40N2O8/c1-30(2)18-6-5-17(21(30)11-18)13-32(24(35)15-38-3)22-12-20(29(37)31-7-8-33)25-19-9-16(14-34)10-23(39-4)27(19)40-28(25)26(22)36/h9-10,12,14,17-18,21-22,25-26,28,33,36H,5-8,11,13,15H2,1-4H3,(H,31,37)/t17-,18-,21-,22+,25-,26-,28-/m0/s1. The Balaban J connectivity index is 1.55. The van der Waals surface area contributed by atoms with Gasteiger partial charge >= 0.3 is 0 Å². The molecule has 2 amide bonds. The van der Waals surface area contributed by atoms with E-state index in [0.717, 1.165) is 19.3 Å². The third kappa shape index (κ3) is 4.69. The summed E-state index contributed by atoms with van der Waals surface area (Å²) in [5.74, 6) is 0.719. The zero-order valence-electron chi connectivity index (χ0n) is 23.6. The molecule has 3 fully saturated rings. The second kappa shape index (κ2) is 11.1. The predicted molar refractivity (Wildman–Crippen MR) is 145 cm³/mol. The topological polar surface area (TPSA) is 135 Å². The van der Waals surface area contributed by atoms with Gasteiger partial charge in [-0.25, -0.2) is 0 Å². The lowest BCUT2D eigenvalue weighted by Gasteiger charge is -2.61. The lowest BCUT2D eigenvalue weighted by Crippen LogP contribution is -2.60. The van der Waals surface area contributed by atoms with Gasteiger partial charge in [-0.2, -0.15) is 0 Å². The fourth-order valence-corrected chi connectivity index (χ4v) is 7.59. The van der Waals surface area contributed by atoms with Crippen LogP contribution in [0.1, 0.15) is 54.9 Å². The summed E-state index contributed by atoms with van der Waals surface area (Å²) in [5, 5.41) is 23.8. The number of amides is 2. The molecule has 10 heteroatoms. The fourth-order valence-electron chi connectivity index (χ4n) is 7.59. The van der Waals surface area contributed by atoms with Gasteiger partial charge in [-0.05, 0) is 60.6 Å². The van der Waals surface area contributed by atoms with Crippen LogP contribution in [0, 0.1) is 23.2 Å². The van der Waals surface area contributed by atoms with Crippen LogP contribution in [0.15, 0.2) is 23.8 Å². The minimum Gasteiger partial charge on any atom is -0.493 e. The third-order valence-electron chi connectivity index (χ3n) is 9.79. The molecule has 0 radical (unpaired) electrons. The second-order valence-electron chi connectivity index (χ2n) is 12.1. The van der Waals surface area contributed by atoms with E-state index in [-0.39, 0.29) is 37.0 Å². The molecular weight excluding hydrogens is 516 g/mol. The number of benzene rings is 1. The summed E-state index contributed by atoms with van der Waals surface area (Å²) < 4.78 is 17.0. The van der Waals surface area contributed by atoms with Gasteiger partial charge in [0.1, 0.15) is 25.1 Å². The molecular formula is C30H40N2O8. The lowest BCUT2D eigenvalue weighted by molar-refractivity contribution is -0.149. The lowest BCUT2D eigenvalue weighted by atomic mass is 9.45. The molecule has 3 N–H and O–H groups in total. The number of methoxy groups -OCH3 is 2. The van der Waals surface area contributed by atoms with Gasteiger partial charge in [-0.15, -0.1) is 0 Å². The van der Waals surface area contributed by atoms with Crippen LogP contribution in [0.25, 0.3) is 0 Å². The van der Waals surface area contributed by atoms with Crippen molar-refractivity contribution in [2.75, 3.05) is 40.5 Å². The largest absolute Gasteiger partial charge is 0.493 e. The van der Waals surface area contributed by atoms with Crippen LogP contribution in [0.5, 0.6) is 11.5 Å². The first-order valence-corrected chi connectivity index (χ1v) is 14.1.